The van der Waals surface area contributed by atoms with E-state index in [1.54, 1.807) is 0 Å². The first-order valence-corrected chi connectivity index (χ1v) is 7.58. The first-order chi connectivity index (χ1) is 9.54. The summed E-state index contributed by atoms with van der Waals surface area (Å²) in [6.07, 6.45) is 2.71. The van der Waals surface area contributed by atoms with Gasteiger partial charge in [0, 0.05) is 10.1 Å². The molecule has 4 nitrogen and oxygen atoms in total. The summed E-state index contributed by atoms with van der Waals surface area (Å²) >= 11 is 1.41. The van der Waals surface area contributed by atoms with Crippen LogP contribution in [0, 0.1) is 6.92 Å². The number of nitrogen functional groups attached to an aromatic ring is 1. The topological polar surface area (TPSA) is 75.4 Å². The summed E-state index contributed by atoms with van der Waals surface area (Å²) in [5.41, 5.74) is 7.35. The number of aryl methyl sites for hydroxylation is 1. The molecule has 1 aromatic carbocycles. The standard InChI is InChI=1S/C15H18N2O2S/c1-9-3-4-10-11(7-9)20-13(12(10)16)14(19)17-15(8-18)5-2-6-15/h3-4,7,18H,2,5-6,8,16H2,1H3,(H,17,19). The monoisotopic (exact) mass is 290 g/mol. The fraction of sp³-hybridized carbons (Fsp3) is 0.400. The summed E-state index contributed by atoms with van der Waals surface area (Å²) in [5.74, 6) is -0.171. The Kier molecular flexibility index (Phi) is 3.18. The molecule has 1 heterocycles. The predicted molar refractivity (Wildman–Crippen MR) is 82.1 cm³/mol. The van der Waals surface area contributed by atoms with Gasteiger partial charge in [-0.25, -0.2) is 0 Å². The van der Waals surface area contributed by atoms with Gasteiger partial charge >= 0.3 is 0 Å². The van der Waals surface area contributed by atoms with Gasteiger partial charge in [-0.1, -0.05) is 12.1 Å². The number of aliphatic hydroxyl groups excluding tert-OH is 1. The van der Waals surface area contributed by atoms with Crippen LogP contribution in [0.5, 0.6) is 0 Å². The van der Waals surface area contributed by atoms with Crippen LogP contribution in [0.25, 0.3) is 10.1 Å². The summed E-state index contributed by atoms with van der Waals surface area (Å²) in [6, 6.07) is 5.99. The molecule has 3 rings (SSSR count). The zero-order chi connectivity index (χ0) is 14.3. The number of thiophene rings is 1. The number of fused-ring (bicyclic) bond motifs is 1. The lowest BCUT2D eigenvalue weighted by Gasteiger charge is -2.40. The molecule has 5 heteroatoms. The van der Waals surface area contributed by atoms with Gasteiger partial charge < -0.3 is 16.2 Å². The van der Waals surface area contributed by atoms with Crippen LogP contribution in [0.4, 0.5) is 5.69 Å². The van der Waals surface area contributed by atoms with E-state index in [2.05, 4.69) is 5.32 Å². The van der Waals surface area contributed by atoms with E-state index in [0.29, 0.717) is 10.6 Å². The molecule has 0 atom stereocenters. The number of nitrogens with two attached hydrogens (primary N) is 1. The minimum atomic E-state index is -0.435. The first kappa shape index (κ1) is 13.4. The Morgan fingerprint density at radius 2 is 2.25 bits per heavy atom. The van der Waals surface area contributed by atoms with Crippen molar-refractivity contribution in [3.8, 4) is 0 Å². The largest absolute Gasteiger partial charge is 0.397 e. The average molecular weight is 290 g/mol. The van der Waals surface area contributed by atoms with Crippen molar-refractivity contribution in [3.05, 3.63) is 28.6 Å². The average Bonchev–Trinajstić information content (AvgIpc) is 2.70. The minimum absolute atomic E-state index is 0.0113. The molecule has 1 aromatic heterocycles. The third-order valence-electron chi connectivity index (χ3n) is 4.08. The van der Waals surface area contributed by atoms with Gasteiger partial charge in [-0.05, 0) is 37.8 Å². The van der Waals surface area contributed by atoms with E-state index in [4.69, 9.17) is 5.73 Å². The number of hydrogen-bond acceptors (Lipinski definition) is 4. The summed E-state index contributed by atoms with van der Waals surface area (Å²) in [5, 5.41) is 13.3. The zero-order valence-electron chi connectivity index (χ0n) is 11.4. The smallest absolute Gasteiger partial charge is 0.264 e. The minimum Gasteiger partial charge on any atom is -0.397 e. The molecule has 1 amide bonds. The Balaban J connectivity index is 1.93. The molecule has 1 aliphatic carbocycles. The second kappa shape index (κ2) is 4.75. The lowest BCUT2D eigenvalue weighted by molar-refractivity contribution is 0.0646. The van der Waals surface area contributed by atoms with Gasteiger partial charge in [0.25, 0.3) is 5.91 Å². The SMILES string of the molecule is Cc1ccc2c(N)c(C(=O)NC3(CO)CCC3)sc2c1. The lowest BCUT2D eigenvalue weighted by Crippen LogP contribution is -2.56. The predicted octanol–water partition coefficient (Wildman–Crippen LogP) is 2.44. The van der Waals surface area contributed by atoms with Crippen LogP contribution in [0.3, 0.4) is 0 Å². The highest BCUT2D eigenvalue weighted by Crippen LogP contribution is 2.36. The quantitative estimate of drug-likeness (QED) is 0.812. The number of aliphatic hydroxyl groups is 1. The molecule has 1 aliphatic rings. The normalized spacial score (nSPS) is 16.9. The Morgan fingerprint density at radius 3 is 2.85 bits per heavy atom. The van der Waals surface area contributed by atoms with Gasteiger partial charge in [-0.15, -0.1) is 11.3 Å². The van der Waals surface area contributed by atoms with E-state index in [1.807, 2.05) is 25.1 Å². The fourth-order valence-electron chi connectivity index (χ4n) is 2.62. The molecular formula is C15H18N2O2S. The van der Waals surface area contributed by atoms with Crippen LogP contribution in [-0.2, 0) is 0 Å². The van der Waals surface area contributed by atoms with Crippen molar-refractivity contribution in [2.75, 3.05) is 12.3 Å². The maximum Gasteiger partial charge on any atom is 0.264 e. The highest BCUT2D eigenvalue weighted by atomic mass is 32.1. The van der Waals surface area contributed by atoms with Crippen molar-refractivity contribution in [1.82, 2.24) is 5.32 Å². The van der Waals surface area contributed by atoms with Gasteiger partial charge in [0.2, 0.25) is 0 Å². The molecule has 4 N–H and O–H groups in total. The fourth-order valence-corrected chi connectivity index (χ4v) is 3.73. The first-order valence-electron chi connectivity index (χ1n) is 6.77. The molecule has 1 saturated carbocycles. The van der Waals surface area contributed by atoms with Crippen LogP contribution in [0.2, 0.25) is 0 Å². The molecule has 0 aliphatic heterocycles. The van der Waals surface area contributed by atoms with E-state index in [9.17, 15) is 9.90 Å². The van der Waals surface area contributed by atoms with Crippen LogP contribution in [-0.4, -0.2) is 23.2 Å². The van der Waals surface area contributed by atoms with Gasteiger partial charge in [0.05, 0.1) is 17.8 Å². The maximum absolute atomic E-state index is 12.4. The van der Waals surface area contributed by atoms with Crippen LogP contribution in [0.15, 0.2) is 18.2 Å². The molecule has 106 valence electrons. The number of nitrogens with one attached hydrogen (secondary N) is 1. The van der Waals surface area contributed by atoms with Gasteiger partial charge in [0.15, 0.2) is 0 Å². The van der Waals surface area contributed by atoms with Gasteiger partial charge in [0.1, 0.15) is 4.88 Å². The summed E-state index contributed by atoms with van der Waals surface area (Å²) in [4.78, 5) is 12.9. The molecule has 0 unspecified atom stereocenters. The van der Waals surface area contributed by atoms with E-state index < -0.39 is 5.54 Å². The van der Waals surface area contributed by atoms with E-state index >= 15 is 0 Å². The van der Waals surface area contributed by atoms with E-state index in [0.717, 1.165) is 34.9 Å². The Morgan fingerprint density at radius 1 is 1.50 bits per heavy atom. The van der Waals surface area contributed by atoms with Crippen molar-refractivity contribution in [1.29, 1.82) is 0 Å². The highest BCUT2D eigenvalue weighted by molar-refractivity contribution is 7.21. The highest BCUT2D eigenvalue weighted by Gasteiger charge is 2.38. The molecule has 0 radical (unpaired) electrons. The third kappa shape index (κ3) is 2.07. The summed E-state index contributed by atoms with van der Waals surface area (Å²) in [6.45, 7) is 2.01. The molecular weight excluding hydrogens is 272 g/mol. The van der Waals surface area contributed by atoms with Crippen molar-refractivity contribution >= 4 is 33.0 Å². The number of carbonyl (C=O) groups is 1. The van der Waals surface area contributed by atoms with Crippen LogP contribution in [0.1, 0.15) is 34.5 Å². The summed E-state index contributed by atoms with van der Waals surface area (Å²) in [7, 11) is 0. The van der Waals surface area contributed by atoms with Crippen molar-refractivity contribution in [2.45, 2.75) is 31.7 Å². The van der Waals surface area contributed by atoms with Crippen LogP contribution >= 0.6 is 11.3 Å². The van der Waals surface area contributed by atoms with E-state index in [1.165, 1.54) is 11.3 Å². The number of hydrogen-bond donors (Lipinski definition) is 3. The van der Waals surface area contributed by atoms with Crippen molar-refractivity contribution < 1.29 is 9.90 Å². The maximum atomic E-state index is 12.4. The Bertz CT molecular complexity index is 668. The summed E-state index contributed by atoms with van der Waals surface area (Å²) < 4.78 is 1.03. The molecule has 20 heavy (non-hydrogen) atoms. The number of benzene rings is 1. The molecule has 2 aromatic rings. The Labute approximate surface area is 121 Å². The zero-order valence-corrected chi connectivity index (χ0v) is 12.2. The van der Waals surface area contributed by atoms with Crippen molar-refractivity contribution in [3.63, 3.8) is 0 Å². The van der Waals surface area contributed by atoms with Crippen LogP contribution < -0.4 is 11.1 Å². The molecule has 0 saturated heterocycles. The van der Waals surface area contributed by atoms with Gasteiger partial charge in [-0.2, -0.15) is 0 Å². The second-order valence-corrected chi connectivity index (χ2v) is 6.64. The number of amides is 1. The van der Waals surface area contributed by atoms with Gasteiger partial charge in [-0.3, -0.25) is 4.79 Å². The number of rotatable bonds is 3. The molecule has 0 bridgehead atoms. The number of anilines is 1. The lowest BCUT2D eigenvalue weighted by atomic mass is 9.77. The Hall–Kier alpha value is -1.59. The van der Waals surface area contributed by atoms with E-state index in [-0.39, 0.29) is 12.5 Å². The van der Waals surface area contributed by atoms with Crippen molar-refractivity contribution in [2.24, 2.45) is 0 Å². The second-order valence-electron chi connectivity index (χ2n) is 5.59. The third-order valence-corrected chi connectivity index (χ3v) is 5.25. The molecule has 1 fully saturated rings. The number of carbonyl (C=O) groups excluding carboxylic acids is 1. The molecule has 0 spiro atoms.